The van der Waals surface area contributed by atoms with Gasteiger partial charge in [-0.1, -0.05) is 41.5 Å². The zero-order chi connectivity index (χ0) is 13.2. The van der Waals surface area contributed by atoms with E-state index in [1.54, 1.807) is 0 Å². The molecular weight excluding hydrogens is 210 g/mol. The summed E-state index contributed by atoms with van der Waals surface area (Å²) in [5.74, 6) is 1.03. The minimum absolute atomic E-state index is 0.0738. The summed E-state index contributed by atoms with van der Waals surface area (Å²) in [7, 11) is 0. The molecule has 1 heterocycles. The van der Waals surface area contributed by atoms with Gasteiger partial charge in [0.1, 0.15) is 0 Å². The Morgan fingerprint density at radius 3 is 2.35 bits per heavy atom. The van der Waals surface area contributed by atoms with Crippen LogP contribution in [0, 0.1) is 17.3 Å². The van der Waals surface area contributed by atoms with Crippen LogP contribution in [0.4, 0.5) is 0 Å². The van der Waals surface area contributed by atoms with Crippen molar-refractivity contribution in [3.05, 3.63) is 18.2 Å². The Morgan fingerprint density at radius 2 is 1.88 bits per heavy atom. The predicted molar refractivity (Wildman–Crippen MR) is 72.6 cm³/mol. The molecule has 0 bridgehead atoms. The van der Waals surface area contributed by atoms with Crippen LogP contribution in [-0.2, 0) is 6.54 Å². The van der Waals surface area contributed by atoms with Crippen LogP contribution in [0.5, 0.6) is 0 Å². The van der Waals surface area contributed by atoms with Gasteiger partial charge in [-0.2, -0.15) is 0 Å². The Bertz CT molecular complexity index is 347. The normalized spacial score (nSPS) is 16.2. The zero-order valence-corrected chi connectivity index (χ0v) is 12.1. The number of rotatable bonds is 4. The molecule has 0 saturated heterocycles. The molecule has 17 heavy (non-hydrogen) atoms. The summed E-state index contributed by atoms with van der Waals surface area (Å²) < 4.78 is 2.21. The van der Waals surface area contributed by atoms with Crippen LogP contribution in [-0.4, -0.2) is 9.55 Å². The van der Waals surface area contributed by atoms with Gasteiger partial charge in [-0.05, 0) is 17.3 Å². The topological polar surface area (TPSA) is 43.8 Å². The Morgan fingerprint density at radius 1 is 1.29 bits per heavy atom. The van der Waals surface area contributed by atoms with Crippen molar-refractivity contribution in [1.29, 1.82) is 0 Å². The summed E-state index contributed by atoms with van der Waals surface area (Å²) in [6, 6.07) is 0.0738. The first kappa shape index (κ1) is 14.2. The third kappa shape index (κ3) is 3.56. The summed E-state index contributed by atoms with van der Waals surface area (Å²) in [5.41, 5.74) is 7.67. The van der Waals surface area contributed by atoms with Crippen molar-refractivity contribution in [2.24, 2.45) is 23.0 Å². The Hall–Kier alpha value is -0.830. The van der Waals surface area contributed by atoms with Gasteiger partial charge in [0.15, 0.2) is 0 Å². The maximum Gasteiger partial charge on any atom is 0.0948 e. The molecule has 1 aromatic rings. The highest BCUT2D eigenvalue weighted by Crippen LogP contribution is 2.28. The minimum atomic E-state index is 0.0738. The van der Waals surface area contributed by atoms with Crippen molar-refractivity contribution in [1.82, 2.24) is 9.55 Å². The quantitative estimate of drug-likeness (QED) is 0.873. The van der Waals surface area contributed by atoms with E-state index in [2.05, 4.69) is 51.1 Å². The van der Waals surface area contributed by atoms with Crippen molar-refractivity contribution in [2.45, 2.75) is 54.1 Å². The fraction of sp³-hybridized carbons (Fsp3) is 0.786. The van der Waals surface area contributed by atoms with Crippen LogP contribution in [0.3, 0.4) is 0 Å². The van der Waals surface area contributed by atoms with Crippen molar-refractivity contribution >= 4 is 0 Å². The number of nitrogens with zero attached hydrogens (tertiary/aromatic N) is 2. The van der Waals surface area contributed by atoms with Crippen molar-refractivity contribution in [3.63, 3.8) is 0 Å². The molecule has 0 aliphatic rings. The van der Waals surface area contributed by atoms with Gasteiger partial charge < -0.3 is 10.3 Å². The molecule has 2 atom stereocenters. The first-order valence-corrected chi connectivity index (χ1v) is 6.49. The lowest BCUT2D eigenvalue weighted by atomic mass is 9.82. The fourth-order valence-electron chi connectivity index (χ4n) is 1.67. The van der Waals surface area contributed by atoms with Gasteiger partial charge in [0, 0.05) is 18.8 Å². The smallest absolute Gasteiger partial charge is 0.0948 e. The second-order valence-electron chi connectivity index (χ2n) is 6.51. The van der Waals surface area contributed by atoms with Crippen molar-refractivity contribution in [3.8, 4) is 0 Å². The maximum atomic E-state index is 6.21. The molecule has 0 amide bonds. The summed E-state index contributed by atoms with van der Waals surface area (Å²) in [6.07, 6.45) is 3.81. The summed E-state index contributed by atoms with van der Waals surface area (Å²) >= 11 is 0. The highest BCUT2D eigenvalue weighted by molar-refractivity contribution is 5.05. The predicted octanol–water partition coefficient (Wildman–Crippen LogP) is 3.22. The molecule has 3 nitrogen and oxygen atoms in total. The number of hydrogen-bond donors (Lipinski definition) is 1. The van der Waals surface area contributed by atoms with Gasteiger partial charge in [-0.25, -0.2) is 4.98 Å². The van der Waals surface area contributed by atoms with E-state index in [0.29, 0.717) is 17.3 Å². The van der Waals surface area contributed by atoms with Gasteiger partial charge in [-0.3, -0.25) is 0 Å². The highest BCUT2D eigenvalue weighted by atomic mass is 15.1. The molecule has 0 fully saturated rings. The van der Waals surface area contributed by atoms with Crippen LogP contribution < -0.4 is 5.73 Å². The standard InChI is InChI=1S/C14H27N3/c1-10(2)13(15)12-7-16-9-17(12)8-11(3)14(4,5)6/h7,9-11,13H,8,15H2,1-6H3. The molecule has 98 valence electrons. The van der Waals surface area contributed by atoms with Crippen molar-refractivity contribution < 1.29 is 0 Å². The summed E-state index contributed by atoms with van der Waals surface area (Å²) in [4.78, 5) is 4.24. The fourth-order valence-corrected chi connectivity index (χ4v) is 1.67. The molecule has 2 unspecified atom stereocenters. The van der Waals surface area contributed by atoms with E-state index in [0.717, 1.165) is 12.2 Å². The second-order valence-corrected chi connectivity index (χ2v) is 6.51. The van der Waals surface area contributed by atoms with Crippen molar-refractivity contribution in [2.75, 3.05) is 0 Å². The van der Waals surface area contributed by atoms with E-state index in [1.807, 2.05) is 12.5 Å². The van der Waals surface area contributed by atoms with Gasteiger partial charge in [0.05, 0.1) is 12.0 Å². The third-order valence-electron chi connectivity index (χ3n) is 3.75. The van der Waals surface area contributed by atoms with E-state index in [1.165, 1.54) is 0 Å². The molecule has 0 saturated carbocycles. The summed E-state index contributed by atoms with van der Waals surface area (Å²) in [6.45, 7) is 14.4. The molecule has 3 heteroatoms. The number of aromatic nitrogens is 2. The SMILES string of the molecule is CC(C)C(N)c1cncn1CC(C)C(C)(C)C. The molecule has 0 aliphatic heterocycles. The lowest BCUT2D eigenvalue weighted by molar-refractivity contribution is 0.229. The molecule has 0 spiro atoms. The van der Waals surface area contributed by atoms with Gasteiger partial charge in [-0.15, -0.1) is 0 Å². The molecular formula is C14H27N3. The first-order valence-electron chi connectivity index (χ1n) is 6.49. The highest BCUT2D eigenvalue weighted by Gasteiger charge is 2.22. The van der Waals surface area contributed by atoms with Crippen LogP contribution in [0.15, 0.2) is 12.5 Å². The summed E-state index contributed by atoms with van der Waals surface area (Å²) in [5, 5.41) is 0. The lowest BCUT2D eigenvalue weighted by Crippen LogP contribution is -2.26. The van der Waals surface area contributed by atoms with Crippen LogP contribution in [0.1, 0.15) is 53.3 Å². The molecule has 1 rings (SSSR count). The van der Waals surface area contributed by atoms with E-state index in [-0.39, 0.29) is 6.04 Å². The third-order valence-corrected chi connectivity index (χ3v) is 3.75. The largest absolute Gasteiger partial charge is 0.333 e. The van der Waals surface area contributed by atoms with Gasteiger partial charge in [0.25, 0.3) is 0 Å². The van der Waals surface area contributed by atoms with E-state index < -0.39 is 0 Å². The number of nitrogens with two attached hydrogens (primary N) is 1. The van der Waals surface area contributed by atoms with Gasteiger partial charge in [0.2, 0.25) is 0 Å². The molecule has 0 aromatic carbocycles. The Balaban J connectivity index is 2.83. The molecule has 0 aliphatic carbocycles. The average Bonchev–Trinajstić information content (AvgIpc) is 2.63. The van der Waals surface area contributed by atoms with Crippen LogP contribution >= 0.6 is 0 Å². The maximum absolute atomic E-state index is 6.21. The monoisotopic (exact) mass is 237 g/mol. The molecule has 0 radical (unpaired) electrons. The number of imidazole rings is 1. The van der Waals surface area contributed by atoms with Crippen LogP contribution in [0.2, 0.25) is 0 Å². The lowest BCUT2D eigenvalue weighted by Gasteiger charge is -2.29. The minimum Gasteiger partial charge on any atom is -0.333 e. The average molecular weight is 237 g/mol. The molecule has 1 aromatic heterocycles. The number of hydrogen-bond acceptors (Lipinski definition) is 2. The first-order chi connectivity index (χ1) is 7.73. The Labute approximate surface area is 105 Å². The van der Waals surface area contributed by atoms with E-state index >= 15 is 0 Å². The molecule has 2 N–H and O–H groups in total. The second kappa shape index (κ2) is 5.21. The van der Waals surface area contributed by atoms with E-state index in [4.69, 9.17) is 5.73 Å². The van der Waals surface area contributed by atoms with E-state index in [9.17, 15) is 0 Å². The van der Waals surface area contributed by atoms with Crippen LogP contribution in [0.25, 0.3) is 0 Å². The Kier molecular flexibility index (Phi) is 4.36. The zero-order valence-electron chi connectivity index (χ0n) is 12.1. The van der Waals surface area contributed by atoms with Gasteiger partial charge >= 0.3 is 0 Å².